The molecule has 2 unspecified atom stereocenters. The van der Waals surface area contributed by atoms with Crippen molar-refractivity contribution >= 4 is 23.4 Å². The molecule has 0 saturated carbocycles. The van der Waals surface area contributed by atoms with Crippen LogP contribution in [-0.2, 0) is 17.8 Å². The SMILES string of the molecule is C=C(C(Oc1ccccc1C)=C(C)C)N1Cc2ccccc2CC1C.C=C1CN(SC(/C=C\C)=NC)CCC1NC=O. The molecule has 42 heavy (non-hydrogen) atoms. The van der Waals surface area contributed by atoms with Gasteiger partial charge in [0.25, 0.3) is 0 Å². The van der Waals surface area contributed by atoms with Crippen molar-refractivity contribution in [3.8, 4) is 5.75 Å². The summed E-state index contributed by atoms with van der Waals surface area (Å²) >= 11 is 1.63. The van der Waals surface area contributed by atoms with Crippen LogP contribution in [0.4, 0.5) is 0 Å². The minimum Gasteiger partial charge on any atom is -0.455 e. The topological polar surface area (TPSA) is 57.2 Å². The van der Waals surface area contributed by atoms with Crippen LogP contribution in [0.3, 0.4) is 0 Å². The molecule has 0 aliphatic carbocycles. The second-order valence-corrected chi connectivity index (χ2v) is 12.0. The first-order valence-corrected chi connectivity index (χ1v) is 15.3. The lowest BCUT2D eigenvalue weighted by Crippen LogP contribution is -2.41. The molecule has 0 bridgehead atoms. The molecule has 2 heterocycles. The number of aryl methyl sites for hydroxylation is 1. The van der Waals surface area contributed by atoms with Gasteiger partial charge in [-0.3, -0.25) is 9.79 Å². The number of hydrogen-bond donors (Lipinski definition) is 1. The summed E-state index contributed by atoms with van der Waals surface area (Å²) in [6, 6.07) is 17.3. The van der Waals surface area contributed by atoms with Crippen LogP contribution in [0.25, 0.3) is 0 Å². The Bertz CT molecular complexity index is 1340. The number of hydrogen-bond acceptors (Lipinski definition) is 6. The van der Waals surface area contributed by atoms with Crippen molar-refractivity contribution < 1.29 is 9.53 Å². The first-order chi connectivity index (χ1) is 20.2. The molecule has 0 aromatic heterocycles. The largest absolute Gasteiger partial charge is 0.455 e. The molecule has 4 rings (SSSR count). The zero-order valence-electron chi connectivity index (χ0n) is 26.0. The molecule has 2 aromatic rings. The predicted molar refractivity (Wildman–Crippen MR) is 179 cm³/mol. The third kappa shape index (κ3) is 8.97. The van der Waals surface area contributed by atoms with E-state index >= 15 is 0 Å². The second kappa shape index (κ2) is 16.2. The Kier molecular flexibility index (Phi) is 12.7. The first kappa shape index (κ1) is 33.0. The van der Waals surface area contributed by atoms with Crippen molar-refractivity contribution in [2.24, 2.45) is 4.99 Å². The van der Waals surface area contributed by atoms with Crippen molar-refractivity contribution in [2.45, 2.75) is 66.1 Å². The monoisotopic (exact) mass is 586 g/mol. The predicted octanol–water partition coefficient (Wildman–Crippen LogP) is 7.24. The molecule has 6 nitrogen and oxygen atoms in total. The second-order valence-electron chi connectivity index (χ2n) is 10.9. The fourth-order valence-corrected chi connectivity index (χ4v) is 6.05. The van der Waals surface area contributed by atoms with E-state index in [0.29, 0.717) is 6.04 Å². The molecule has 7 heteroatoms. The lowest BCUT2D eigenvalue weighted by atomic mass is 9.94. The summed E-state index contributed by atoms with van der Waals surface area (Å²) in [6.45, 7) is 21.5. The minimum absolute atomic E-state index is 0.119. The summed E-state index contributed by atoms with van der Waals surface area (Å²) in [5.41, 5.74) is 7.10. The van der Waals surface area contributed by atoms with Gasteiger partial charge in [0.1, 0.15) is 16.6 Å². The van der Waals surface area contributed by atoms with E-state index in [9.17, 15) is 4.79 Å². The molecule has 1 fully saturated rings. The number of ether oxygens (including phenoxy) is 1. The molecule has 2 aromatic carbocycles. The highest BCUT2D eigenvalue weighted by Gasteiger charge is 2.26. The van der Waals surface area contributed by atoms with Gasteiger partial charge in [-0.2, -0.15) is 0 Å². The molecule has 2 aliphatic rings. The molecule has 2 aliphatic heterocycles. The smallest absolute Gasteiger partial charge is 0.207 e. The van der Waals surface area contributed by atoms with Crippen molar-refractivity contribution in [3.05, 3.63) is 113 Å². The van der Waals surface area contributed by atoms with Gasteiger partial charge in [-0.05, 0) is 99.4 Å². The van der Waals surface area contributed by atoms with Crippen LogP contribution in [0.2, 0.25) is 0 Å². The van der Waals surface area contributed by atoms with Crippen LogP contribution in [0.1, 0.15) is 50.8 Å². The van der Waals surface area contributed by atoms with Gasteiger partial charge in [0.2, 0.25) is 6.41 Å². The van der Waals surface area contributed by atoms with Gasteiger partial charge in [-0.25, -0.2) is 4.31 Å². The third-order valence-electron chi connectivity index (χ3n) is 7.44. The summed E-state index contributed by atoms with van der Waals surface area (Å²) in [6.07, 6.45) is 6.65. The maximum absolute atomic E-state index is 10.4. The number of rotatable bonds is 8. The van der Waals surface area contributed by atoms with Crippen LogP contribution < -0.4 is 10.1 Å². The highest BCUT2D eigenvalue weighted by molar-refractivity contribution is 8.12. The quantitative estimate of drug-likeness (QED) is 0.0672. The highest BCUT2D eigenvalue weighted by atomic mass is 32.2. The van der Waals surface area contributed by atoms with Crippen molar-refractivity contribution in [1.29, 1.82) is 0 Å². The van der Waals surface area contributed by atoms with Gasteiger partial charge in [-0.1, -0.05) is 61.7 Å². The molecule has 224 valence electrons. The van der Waals surface area contributed by atoms with E-state index in [0.717, 1.165) is 77.8 Å². The first-order valence-electron chi connectivity index (χ1n) is 14.5. The standard InChI is InChI=1S/C23H27NO.C12H19N3OS/c1-16(2)23(25-22-13-9-6-10-17(22)3)19(5)24-15-21-12-8-7-11-20(21)14-18(24)4;1-4-5-12(13-3)17-15-7-6-11(14-9-16)10(2)8-15/h6-13,18H,5,14-15H2,1-4H3;4-5,9,11H,2,6-8H2,1,3H3,(H,14,16)/b;5-4-,13-12?. The highest BCUT2D eigenvalue weighted by Crippen LogP contribution is 2.31. The number of amides is 1. The number of nitrogens with zero attached hydrogens (tertiary/aromatic N) is 3. The zero-order valence-corrected chi connectivity index (χ0v) is 26.8. The maximum atomic E-state index is 10.4. The van der Waals surface area contributed by atoms with E-state index in [2.05, 4.69) is 90.7 Å². The number of nitrogens with one attached hydrogen (secondary N) is 1. The van der Waals surface area contributed by atoms with Crippen molar-refractivity contribution in [3.63, 3.8) is 0 Å². The van der Waals surface area contributed by atoms with E-state index < -0.39 is 0 Å². The fraction of sp³-hybridized carbons (Fsp3) is 0.371. The number of aliphatic imine (C=N–C) groups is 1. The minimum atomic E-state index is 0.119. The molecule has 0 radical (unpaired) electrons. The van der Waals surface area contributed by atoms with Crippen LogP contribution >= 0.6 is 11.9 Å². The van der Waals surface area contributed by atoms with E-state index in [-0.39, 0.29) is 6.04 Å². The third-order valence-corrected chi connectivity index (χ3v) is 8.51. The number of fused-ring (bicyclic) bond motifs is 1. The van der Waals surface area contributed by atoms with E-state index in [1.807, 2.05) is 37.3 Å². The van der Waals surface area contributed by atoms with E-state index in [1.165, 1.54) is 11.1 Å². The summed E-state index contributed by atoms with van der Waals surface area (Å²) in [7, 11) is 1.79. The Morgan fingerprint density at radius 1 is 1.12 bits per heavy atom. The Labute approximate surface area is 257 Å². The van der Waals surface area contributed by atoms with Crippen LogP contribution in [-0.4, -0.2) is 52.9 Å². The zero-order chi connectivity index (χ0) is 30.6. The number of allylic oxidation sites excluding steroid dienone is 2. The van der Waals surface area contributed by atoms with Gasteiger partial charge in [0, 0.05) is 32.7 Å². The van der Waals surface area contributed by atoms with Crippen LogP contribution in [0, 0.1) is 6.92 Å². The number of carbonyl (C=O) groups excluding carboxylic acids is 1. The van der Waals surface area contributed by atoms with Crippen LogP contribution in [0.15, 0.2) is 101 Å². The summed E-state index contributed by atoms with van der Waals surface area (Å²) in [5.74, 6) is 1.77. The lowest BCUT2D eigenvalue weighted by molar-refractivity contribution is -0.110. The lowest BCUT2D eigenvalue weighted by Gasteiger charge is -2.38. The Balaban J connectivity index is 0.000000250. The molecule has 0 spiro atoms. The number of piperidine rings is 1. The maximum Gasteiger partial charge on any atom is 0.207 e. The average Bonchev–Trinajstić information content (AvgIpc) is 2.97. The van der Waals surface area contributed by atoms with E-state index in [4.69, 9.17) is 4.74 Å². The molecule has 1 amide bonds. The Hall–Kier alpha value is -3.55. The molecule has 2 atom stereocenters. The Morgan fingerprint density at radius 3 is 2.43 bits per heavy atom. The van der Waals surface area contributed by atoms with Crippen LogP contribution in [0.5, 0.6) is 5.75 Å². The normalized spacial score (nSPS) is 19.0. The molecular weight excluding hydrogens is 540 g/mol. The number of carbonyl (C=O) groups is 1. The summed E-state index contributed by atoms with van der Waals surface area (Å²) in [4.78, 5) is 17.0. The fourth-order valence-electron chi connectivity index (χ4n) is 5.08. The van der Waals surface area contributed by atoms with Gasteiger partial charge >= 0.3 is 0 Å². The number of benzene rings is 2. The van der Waals surface area contributed by atoms with Gasteiger partial charge in [0.05, 0.1) is 11.7 Å². The van der Waals surface area contributed by atoms with Gasteiger partial charge in [-0.15, -0.1) is 0 Å². The number of para-hydroxylation sites is 1. The van der Waals surface area contributed by atoms with Crippen molar-refractivity contribution in [2.75, 3.05) is 20.1 Å². The van der Waals surface area contributed by atoms with Gasteiger partial charge < -0.3 is 15.0 Å². The average molecular weight is 587 g/mol. The molecular formula is C35H46N4O2S. The summed E-state index contributed by atoms with van der Waals surface area (Å²) in [5, 5.41) is 3.78. The Morgan fingerprint density at radius 2 is 1.81 bits per heavy atom. The summed E-state index contributed by atoms with van der Waals surface area (Å²) < 4.78 is 8.51. The van der Waals surface area contributed by atoms with E-state index in [1.54, 1.807) is 19.0 Å². The van der Waals surface area contributed by atoms with Gasteiger partial charge in [0.15, 0.2) is 0 Å². The molecule has 1 N–H and O–H groups in total. The molecule has 1 saturated heterocycles. The van der Waals surface area contributed by atoms with Crippen molar-refractivity contribution in [1.82, 2.24) is 14.5 Å².